The molecule has 2 aromatic heterocycles. The van der Waals surface area contributed by atoms with Crippen LogP contribution < -0.4 is 10.2 Å². The largest absolute Gasteiger partial charge is 0.358 e. The summed E-state index contributed by atoms with van der Waals surface area (Å²) in [4.78, 5) is 31.3. The Hall–Kier alpha value is -2.83. The van der Waals surface area contributed by atoms with E-state index in [1.54, 1.807) is 11.1 Å². The summed E-state index contributed by atoms with van der Waals surface area (Å²) in [5.41, 5.74) is 2.46. The standard InChI is InChI=1S/C15H14N6O/c1-2-21-12(22)8-18-14-15(21)20-11(7-17-14)10-4-3-9-5-6-16-13(9)19-10/h3-4,6-7H,2,5,8H2,1H3,(H,17,18). The van der Waals surface area contributed by atoms with Crippen LogP contribution in [0.15, 0.2) is 23.3 Å². The van der Waals surface area contributed by atoms with Crippen LogP contribution in [-0.4, -0.2) is 40.2 Å². The van der Waals surface area contributed by atoms with E-state index in [2.05, 4.69) is 25.3 Å². The summed E-state index contributed by atoms with van der Waals surface area (Å²) in [5, 5.41) is 2.99. The highest BCUT2D eigenvalue weighted by atomic mass is 16.2. The van der Waals surface area contributed by atoms with Crippen molar-refractivity contribution in [2.24, 2.45) is 4.99 Å². The van der Waals surface area contributed by atoms with E-state index in [9.17, 15) is 4.79 Å². The summed E-state index contributed by atoms with van der Waals surface area (Å²) >= 11 is 0. The number of rotatable bonds is 2. The van der Waals surface area contributed by atoms with E-state index in [1.807, 2.05) is 25.3 Å². The first kappa shape index (κ1) is 12.9. The highest BCUT2D eigenvalue weighted by Crippen LogP contribution is 2.30. The fraction of sp³-hybridized carbons (Fsp3) is 0.267. The molecule has 0 aliphatic carbocycles. The second-order valence-electron chi connectivity index (χ2n) is 5.11. The summed E-state index contributed by atoms with van der Waals surface area (Å²) in [7, 11) is 0. The molecule has 2 aliphatic heterocycles. The van der Waals surface area contributed by atoms with Crippen LogP contribution in [0.1, 0.15) is 12.5 Å². The summed E-state index contributed by atoms with van der Waals surface area (Å²) in [6.45, 7) is 2.73. The molecule has 110 valence electrons. The number of hydrogen-bond donors (Lipinski definition) is 1. The number of hydrogen-bond acceptors (Lipinski definition) is 6. The molecule has 0 radical (unpaired) electrons. The number of likely N-dealkylation sites (N-methyl/N-ethyl adjacent to an activating group) is 1. The van der Waals surface area contributed by atoms with Gasteiger partial charge in [-0.3, -0.25) is 9.69 Å². The topological polar surface area (TPSA) is 83.4 Å². The predicted molar refractivity (Wildman–Crippen MR) is 83.6 cm³/mol. The van der Waals surface area contributed by atoms with Gasteiger partial charge in [-0.05, 0) is 13.0 Å². The molecule has 0 saturated carbocycles. The maximum absolute atomic E-state index is 12.0. The number of aromatic nitrogens is 3. The van der Waals surface area contributed by atoms with Gasteiger partial charge >= 0.3 is 0 Å². The van der Waals surface area contributed by atoms with Crippen molar-refractivity contribution in [3.8, 4) is 11.4 Å². The molecule has 0 aromatic carbocycles. The molecule has 0 saturated heterocycles. The first-order valence-corrected chi connectivity index (χ1v) is 7.20. The third kappa shape index (κ3) is 1.93. The molecule has 0 bridgehead atoms. The van der Waals surface area contributed by atoms with E-state index in [-0.39, 0.29) is 12.5 Å². The van der Waals surface area contributed by atoms with E-state index in [1.165, 1.54) is 0 Å². The average Bonchev–Trinajstić information content (AvgIpc) is 3.01. The quantitative estimate of drug-likeness (QED) is 0.909. The molecule has 2 aliphatic rings. The second-order valence-corrected chi connectivity index (χ2v) is 5.11. The van der Waals surface area contributed by atoms with E-state index in [0.717, 1.165) is 17.8 Å². The van der Waals surface area contributed by atoms with Crippen molar-refractivity contribution in [2.75, 3.05) is 23.3 Å². The fourth-order valence-corrected chi connectivity index (χ4v) is 2.64. The van der Waals surface area contributed by atoms with Crippen LogP contribution >= 0.6 is 0 Å². The van der Waals surface area contributed by atoms with Crippen molar-refractivity contribution in [1.82, 2.24) is 15.0 Å². The van der Waals surface area contributed by atoms with Crippen molar-refractivity contribution in [3.05, 3.63) is 23.9 Å². The molecule has 0 atom stereocenters. The van der Waals surface area contributed by atoms with Gasteiger partial charge < -0.3 is 5.32 Å². The van der Waals surface area contributed by atoms with Crippen LogP contribution in [0.4, 0.5) is 17.5 Å². The molecule has 0 fully saturated rings. The first-order chi connectivity index (χ1) is 10.8. The lowest BCUT2D eigenvalue weighted by molar-refractivity contribution is -0.117. The van der Waals surface area contributed by atoms with Gasteiger partial charge in [0.25, 0.3) is 0 Å². The molecule has 0 unspecified atom stereocenters. The second kappa shape index (κ2) is 4.87. The summed E-state index contributed by atoms with van der Waals surface area (Å²) < 4.78 is 0. The summed E-state index contributed by atoms with van der Waals surface area (Å²) in [5.74, 6) is 1.91. The normalized spacial score (nSPS) is 15.5. The van der Waals surface area contributed by atoms with Gasteiger partial charge in [-0.15, -0.1) is 0 Å². The van der Waals surface area contributed by atoms with E-state index >= 15 is 0 Å². The van der Waals surface area contributed by atoms with Gasteiger partial charge in [0.2, 0.25) is 5.91 Å². The zero-order chi connectivity index (χ0) is 15.1. The zero-order valence-corrected chi connectivity index (χ0v) is 12.1. The van der Waals surface area contributed by atoms with Gasteiger partial charge in [-0.25, -0.2) is 19.9 Å². The number of amides is 1. The maximum atomic E-state index is 12.0. The van der Waals surface area contributed by atoms with E-state index < -0.39 is 0 Å². The molecule has 2 aromatic rings. The van der Waals surface area contributed by atoms with Crippen LogP contribution in [0, 0.1) is 0 Å². The van der Waals surface area contributed by atoms with Crippen LogP contribution in [0.3, 0.4) is 0 Å². The SMILES string of the molecule is CCN1C(=O)CNc2ncc(-c3ccc4c(n3)N=CC4)nc21. The Morgan fingerprint density at radius 2 is 2.18 bits per heavy atom. The van der Waals surface area contributed by atoms with E-state index in [0.29, 0.717) is 29.6 Å². The lowest BCUT2D eigenvalue weighted by Crippen LogP contribution is -2.40. The third-order valence-electron chi connectivity index (χ3n) is 3.78. The minimum absolute atomic E-state index is 0.00652. The van der Waals surface area contributed by atoms with Gasteiger partial charge in [0, 0.05) is 24.7 Å². The van der Waals surface area contributed by atoms with Crippen molar-refractivity contribution in [3.63, 3.8) is 0 Å². The minimum Gasteiger partial charge on any atom is -0.358 e. The predicted octanol–water partition coefficient (Wildman–Crippen LogP) is 1.58. The van der Waals surface area contributed by atoms with Crippen LogP contribution in [-0.2, 0) is 11.2 Å². The molecule has 7 nitrogen and oxygen atoms in total. The number of carbonyl (C=O) groups is 1. The smallest absolute Gasteiger partial charge is 0.247 e. The summed E-state index contributed by atoms with van der Waals surface area (Å²) in [6, 6.07) is 3.92. The van der Waals surface area contributed by atoms with Crippen LogP contribution in [0.25, 0.3) is 11.4 Å². The number of aliphatic imine (C=N–C) groups is 1. The highest BCUT2D eigenvalue weighted by Gasteiger charge is 2.25. The Labute approximate surface area is 127 Å². The Morgan fingerprint density at radius 1 is 1.27 bits per heavy atom. The number of anilines is 2. The fourth-order valence-electron chi connectivity index (χ4n) is 2.64. The molecular formula is C15H14N6O. The van der Waals surface area contributed by atoms with Crippen molar-refractivity contribution < 1.29 is 4.79 Å². The zero-order valence-electron chi connectivity index (χ0n) is 12.1. The monoisotopic (exact) mass is 294 g/mol. The van der Waals surface area contributed by atoms with Crippen molar-refractivity contribution in [2.45, 2.75) is 13.3 Å². The van der Waals surface area contributed by atoms with Crippen LogP contribution in [0.5, 0.6) is 0 Å². The third-order valence-corrected chi connectivity index (χ3v) is 3.78. The lowest BCUT2D eigenvalue weighted by atomic mass is 10.2. The first-order valence-electron chi connectivity index (χ1n) is 7.20. The highest BCUT2D eigenvalue weighted by molar-refractivity contribution is 6.00. The number of nitrogens with one attached hydrogen (secondary N) is 1. The lowest BCUT2D eigenvalue weighted by Gasteiger charge is -2.27. The molecule has 1 amide bonds. The average molecular weight is 294 g/mol. The molecule has 22 heavy (non-hydrogen) atoms. The molecule has 0 spiro atoms. The molecule has 4 heterocycles. The number of fused-ring (bicyclic) bond motifs is 2. The van der Waals surface area contributed by atoms with Crippen molar-refractivity contribution >= 4 is 29.6 Å². The Morgan fingerprint density at radius 3 is 3.05 bits per heavy atom. The van der Waals surface area contributed by atoms with Gasteiger partial charge in [-0.1, -0.05) is 6.07 Å². The molecule has 4 rings (SSSR count). The number of nitrogens with zero attached hydrogens (tertiary/aromatic N) is 5. The number of carbonyl (C=O) groups excluding carboxylic acids is 1. The van der Waals surface area contributed by atoms with Crippen molar-refractivity contribution in [1.29, 1.82) is 0 Å². The molecular weight excluding hydrogens is 280 g/mol. The van der Waals surface area contributed by atoms with Gasteiger partial charge in [0.1, 0.15) is 5.69 Å². The van der Waals surface area contributed by atoms with Gasteiger partial charge in [0.05, 0.1) is 18.4 Å². The Balaban J connectivity index is 1.79. The molecule has 1 N–H and O–H groups in total. The van der Waals surface area contributed by atoms with Crippen LogP contribution in [0.2, 0.25) is 0 Å². The van der Waals surface area contributed by atoms with E-state index in [4.69, 9.17) is 0 Å². The minimum atomic E-state index is -0.00652. The maximum Gasteiger partial charge on any atom is 0.247 e. The Bertz CT molecular complexity index is 801. The van der Waals surface area contributed by atoms with Gasteiger partial charge in [0.15, 0.2) is 17.5 Å². The molecule has 7 heteroatoms. The Kier molecular flexibility index (Phi) is 2.85. The summed E-state index contributed by atoms with van der Waals surface area (Å²) in [6.07, 6.45) is 4.34. The van der Waals surface area contributed by atoms with Gasteiger partial charge in [-0.2, -0.15) is 0 Å². The number of pyridine rings is 1.